The van der Waals surface area contributed by atoms with Crippen LogP contribution in [0.25, 0.3) is 0 Å². The van der Waals surface area contributed by atoms with E-state index in [9.17, 15) is 9.59 Å². The highest BCUT2D eigenvalue weighted by molar-refractivity contribution is 6.09. The molecule has 1 heterocycles. The smallest absolute Gasteiger partial charge is 0.256 e. The van der Waals surface area contributed by atoms with E-state index in [0.717, 1.165) is 5.56 Å². The number of nitrogens with one attached hydrogen (secondary N) is 1. The van der Waals surface area contributed by atoms with Crippen LogP contribution >= 0.6 is 0 Å². The van der Waals surface area contributed by atoms with Crippen molar-refractivity contribution in [3.8, 4) is 0 Å². The number of amides is 2. The predicted octanol–water partition coefficient (Wildman–Crippen LogP) is 2.72. The summed E-state index contributed by atoms with van der Waals surface area (Å²) in [5.74, 6) is -0.306. The Morgan fingerprint density at radius 1 is 1.04 bits per heavy atom. The second kappa shape index (κ2) is 7.27. The van der Waals surface area contributed by atoms with Crippen LogP contribution in [-0.2, 0) is 4.74 Å². The number of aryl methyl sites for hydroxylation is 1. The first kappa shape index (κ1) is 16.2. The van der Waals surface area contributed by atoms with Crippen LogP contribution in [0.4, 0.5) is 5.69 Å². The van der Waals surface area contributed by atoms with Crippen LogP contribution in [0.5, 0.6) is 0 Å². The van der Waals surface area contributed by atoms with Crippen molar-refractivity contribution in [3.63, 3.8) is 0 Å². The topological polar surface area (TPSA) is 58.6 Å². The number of rotatable bonds is 3. The SMILES string of the molecule is Cc1cccc(C(=O)Nc2ccccc2C(=O)N2CCOCC2)c1. The maximum absolute atomic E-state index is 12.7. The van der Waals surface area contributed by atoms with E-state index in [-0.39, 0.29) is 11.8 Å². The molecule has 0 spiro atoms. The Balaban J connectivity index is 1.81. The number of morpholine rings is 1. The molecule has 24 heavy (non-hydrogen) atoms. The minimum Gasteiger partial charge on any atom is -0.378 e. The van der Waals surface area contributed by atoms with Crippen molar-refractivity contribution in [2.24, 2.45) is 0 Å². The van der Waals surface area contributed by atoms with E-state index < -0.39 is 0 Å². The predicted molar refractivity (Wildman–Crippen MR) is 92.3 cm³/mol. The molecule has 1 aliphatic heterocycles. The summed E-state index contributed by atoms with van der Waals surface area (Å²) in [7, 11) is 0. The molecule has 2 amide bonds. The number of carbonyl (C=O) groups excluding carboxylic acids is 2. The van der Waals surface area contributed by atoms with Crippen LogP contribution in [-0.4, -0.2) is 43.0 Å². The third-order valence-electron chi connectivity index (χ3n) is 3.98. The molecule has 124 valence electrons. The number of hydrogen-bond acceptors (Lipinski definition) is 3. The molecule has 0 unspecified atom stereocenters. The van der Waals surface area contributed by atoms with Crippen molar-refractivity contribution < 1.29 is 14.3 Å². The van der Waals surface area contributed by atoms with Gasteiger partial charge in [0, 0.05) is 18.7 Å². The maximum atomic E-state index is 12.7. The second-order valence-electron chi connectivity index (χ2n) is 5.77. The zero-order valence-corrected chi connectivity index (χ0v) is 13.6. The van der Waals surface area contributed by atoms with Gasteiger partial charge in [0.1, 0.15) is 0 Å². The van der Waals surface area contributed by atoms with Crippen LogP contribution < -0.4 is 5.32 Å². The molecular formula is C19H20N2O3. The molecule has 2 aromatic rings. The molecule has 0 saturated carbocycles. The second-order valence-corrected chi connectivity index (χ2v) is 5.77. The number of nitrogens with zero attached hydrogens (tertiary/aromatic N) is 1. The van der Waals surface area contributed by atoms with E-state index in [1.165, 1.54) is 0 Å². The Bertz CT molecular complexity index is 752. The summed E-state index contributed by atoms with van der Waals surface area (Å²) in [5.41, 5.74) is 2.62. The summed E-state index contributed by atoms with van der Waals surface area (Å²) < 4.78 is 5.29. The minimum atomic E-state index is -0.221. The number of para-hydroxylation sites is 1. The lowest BCUT2D eigenvalue weighted by Gasteiger charge is -2.27. The highest BCUT2D eigenvalue weighted by atomic mass is 16.5. The van der Waals surface area contributed by atoms with E-state index >= 15 is 0 Å². The molecule has 0 aromatic heterocycles. The van der Waals surface area contributed by atoms with Crippen LogP contribution in [0.2, 0.25) is 0 Å². The quantitative estimate of drug-likeness (QED) is 0.944. The number of ether oxygens (including phenoxy) is 1. The highest BCUT2D eigenvalue weighted by Gasteiger charge is 2.21. The lowest BCUT2D eigenvalue weighted by Crippen LogP contribution is -2.41. The van der Waals surface area contributed by atoms with Crippen molar-refractivity contribution in [1.29, 1.82) is 0 Å². The van der Waals surface area contributed by atoms with Gasteiger partial charge in [0.2, 0.25) is 0 Å². The molecule has 0 atom stereocenters. The molecule has 3 rings (SSSR count). The molecule has 5 heteroatoms. The molecule has 1 saturated heterocycles. The van der Waals surface area contributed by atoms with Gasteiger partial charge in [-0.05, 0) is 31.2 Å². The van der Waals surface area contributed by atoms with Gasteiger partial charge in [-0.15, -0.1) is 0 Å². The zero-order valence-electron chi connectivity index (χ0n) is 13.6. The average Bonchev–Trinajstić information content (AvgIpc) is 2.62. The van der Waals surface area contributed by atoms with Gasteiger partial charge in [-0.1, -0.05) is 29.8 Å². The molecule has 1 N–H and O–H groups in total. The fourth-order valence-corrected chi connectivity index (χ4v) is 2.70. The summed E-state index contributed by atoms with van der Waals surface area (Å²) in [5, 5.41) is 2.86. The number of carbonyl (C=O) groups is 2. The van der Waals surface area contributed by atoms with Crippen LogP contribution in [0.15, 0.2) is 48.5 Å². The standard InChI is InChI=1S/C19H20N2O3/c1-14-5-4-6-15(13-14)18(22)20-17-8-3-2-7-16(17)19(23)21-9-11-24-12-10-21/h2-8,13H,9-12H2,1H3,(H,20,22). The normalized spacial score (nSPS) is 14.3. The first-order chi connectivity index (χ1) is 11.6. The Morgan fingerprint density at radius 3 is 2.54 bits per heavy atom. The van der Waals surface area contributed by atoms with Gasteiger partial charge in [-0.3, -0.25) is 9.59 Å². The summed E-state index contributed by atoms with van der Waals surface area (Å²) in [6.45, 7) is 4.16. The number of benzene rings is 2. The summed E-state index contributed by atoms with van der Waals surface area (Å²) >= 11 is 0. The van der Waals surface area contributed by atoms with Crippen LogP contribution in [0.1, 0.15) is 26.3 Å². The Morgan fingerprint density at radius 2 is 1.79 bits per heavy atom. The van der Waals surface area contributed by atoms with Crippen molar-refractivity contribution in [1.82, 2.24) is 4.90 Å². The van der Waals surface area contributed by atoms with Gasteiger partial charge in [-0.2, -0.15) is 0 Å². The molecule has 0 bridgehead atoms. The van der Waals surface area contributed by atoms with Crippen molar-refractivity contribution in [2.45, 2.75) is 6.92 Å². The Labute approximate surface area is 141 Å². The number of anilines is 1. The van der Waals surface area contributed by atoms with Crippen LogP contribution in [0, 0.1) is 6.92 Å². The zero-order chi connectivity index (χ0) is 16.9. The van der Waals surface area contributed by atoms with E-state index in [4.69, 9.17) is 4.74 Å². The fraction of sp³-hybridized carbons (Fsp3) is 0.263. The van der Waals surface area contributed by atoms with Gasteiger partial charge in [0.05, 0.1) is 24.5 Å². The van der Waals surface area contributed by atoms with E-state index in [2.05, 4.69) is 5.32 Å². The third-order valence-corrected chi connectivity index (χ3v) is 3.98. The molecule has 5 nitrogen and oxygen atoms in total. The molecular weight excluding hydrogens is 304 g/mol. The Kier molecular flexibility index (Phi) is 4.91. The maximum Gasteiger partial charge on any atom is 0.256 e. The molecule has 0 aliphatic carbocycles. The summed E-state index contributed by atoms with van der Waals surface area (Å²) in [4.78, 5) is 26.9. The highest BCUT2D eigenvalue weighted by Crippen LogP contribution is 2.19. The van der Waals surface area contributed by atoms with E-state index in [0.29, 0.717) is 43.1 Å². The fourth-order valence-electron chi connectivity index (χ4n) is 2.70. The molecule has 1 fully saturated rings. The third kappa shape index (κ3) is 3.63. The average molecular weight is 324 g/mol. The van der Waals surface area contributed by atoms with Gasteiger partial charge >= 0.3 is 0 Å². The molecule has 2 aromatic carbocycles. The van der Waals surface area contributed by atoms with Gasteiger partial charge < -0.3 is 15.0 Å². The molecule has 0 radical (unpaired) electrons. The van der Waals surface area contributed by atoms with E-state index in [1.807, 2.05) is 31.2 Å². The largest absolute Gasteiger partial charge is 0.378 e. The minimum absolute atomic E-state index is 0.0848. The first-order valence-corrected chi connectivity index (χ1v) is 7.99. The van der Waals surface area contributed by atoms with Crippen LogP contribution in [0.3, 0.4) is 0 Å². The van der Waals surface area contributed by atoms with Gasteiger partial charge in [0.25, 0.3) is 11.8 Å². The lowest BCUT2D eigenvalue weighted by molar-refractivity contribution is 0.0303. The Hall–Kier alpha value is -2.66. The number of hydrogen-bond donors (Lipinski definition) is 1. The van der Waals surface area contributed by atoms with E-state index in [1.54, 1.807) is 29.2 Å². The van der Waals surface area contributed by atoms with Gasteiger partial charge in [-0.25, -0.2) is 0 Å². The first-order valence-electron chi connectivity index (χ1n) is 7.99. The summed E-state index contributed by atoms with van der Waals surface area (Å²) in [6.07, 6.45) is 0. The molecule has 1 aliphatic rings. The van der Waals surface area contributed by atoms with Gasteiger partial charge in [0.15, 0.2) is 0 Å². The summed E-state index contributed by atoms with van der Waals surface area (Å²) in [6, 6.07) is 14.5. The van der Waals surface area contributed by atoms with Crippen molar-refractivity contribution in [2.75, 3.05) is 31.6 Å². The van der Waals surface area contributed by atoms with Crippen molar-refractivity contribution in [3.05, 3.63) is 65.2 Å². The lowest BCUT2D eigenvalue weighted by atomic mass is 10.1. The monoisotopic (exact) mass is 324 g/mol. The van der Waals surface area contributed by atoms with Crippen molar-refractivity contribution >= 4 is 17.5 Å².